The summed E-state index contributed by atoms with van der Waals surface area (Å²) in [5.74, 6) is -0.590. The van der Waals surface area contributed by atoms with Crippen LogP contribution in [-0.4, -0.2) is 23.6 Å². The number of aromatic nitrogens is 1. The number of aryl methyl sites for hydroxylation is 1. The molecule has 1 aliphatic carbocycles. The highest BCUT2D eigenvalue weighted by molar-refractivity contribution is 8.00. The summed E-state index contributed by atoms with van der Waals surface area (Å²) >= 11 is 2.80. The highest BCUT2D eigenvalue weighted by Gasteiger charge is 2.24. The Hall–Kier alpha value is -2.69. The Bertz CT molecular complexity index is 1140. The zero-order valence-electron chi connectivity index (χ0n) is 16.4. The molecule has 0 fully saturated rings. The van der Waals surface area contributed by atoms with Crippen LogP contribution in [0.4, 0.5) is 4.39 Å². The predicted octanol–water partition coefficient (Wildman–Crippen LogP) is 5.68. The second kappa shape index (κ2) is 8.99. The largest absolute Gasteiger partial charge is 0.497 e. The minimum atomic E-state index is -0.613. The number of methoxy groups -OCH3 is 1. The van der Waals surface area contributed by atoms with Gasteiger partial charge < -0.3 is 4.74 Å². The van der Waals surface area contributed by atoms with E-state index in [9.17, 15) is 14.4 Å². The molecule has 0 radical (unpaired) electrons. The maximum Gasteiger partial charge on any atom is 0.176 e. The van der Waals surface area contributed by atoms with Gasteiger partial charge in [-0.15, -0.1) is 11.3 Å². The lowest BCUT2D eigenvalue weighted by atomic mass is 9.89. The average molecular weight is 439 g/mol. The highest BCUT2D eigenvalue weighted by atomic mass is 32.2. The van der Waals surface area contributed by atoms with Crippen LogP contribution in [0.1, 0.15) is 40.0 Å². The van der Waals surface area contributed by atoms with Crippen LogP contribution in [-0.2, 0) is 12.8 Å². The molecule has 4 rings (SSSR count). The SMILES string of the molecule is COc1ccc(C(=O)CSc2nc3c(c(-c4cccs4)c2C#N)CCCC3)c(F)c1. The number of fused-ring (bicyclic) bond motifs is 1. The van der Waals surface area contributed by atoms with Gasteiger partial charge in [-0.2, -0.15) is 5.26 Å². The van der Waals surface area contributed by atoms with Gasteiger partial charge in [0.2, 0.25) is 0 Å². The van der Waals surface area contributed by atoms with Gasteiger partial charge in [0.05, 0.1) is 24.0 Å². The fraction of sp³-hybridized carbons (Fsp3) is 0.261. The average Bonchev–Trinajstić information content (AvgIpc) is 3.30. The van der Waals surface area contributed by atoms with Gasteiger partial charge in [-0.3, -0.25) is 4.79 Å². The van der Waals surface area contributed by atoms with Crippen molar-refractivity contribution < 1.29 is 13.9 Å². The van der Waals surface area contributed by atoms with E-state index in [1.807, 2.05) is 17.5 Å². The quantitative estimate of drug-likeness (QED) is 0.366. The van der Waals surface area contributed by atoms with Crippen LogP contribution in [0.5, 0.6) is 5.75 Å². The van der Waals surface area contributed by atoms with Gasteiger partial charge in [-0.25, -0.2) is 9.37 Å². The number of ether oxygens (including phenoxy) is 1. The molecule has 0 amide bonds. The van der Waals surface area contributed by atoms with Crippen LogP contribution in [0.25, 0.3) is 10.4 Å². The molecule has 2 aromatic heterocycles. The topological polar surface area (TPSA) is 63.0 Å². The lowest BCUT2D eigenvalue weighted by Crippen LogP contribution is -2.11. The molecule has 2 heterocycles. The summed E-state index contributed by atoms with van der Waals surface area (Å²) in [6.07, 6.45) is 3.93. The van der Waals surface area contributed by atoms with E-state index in [1.165, 1.54) is 31.0 Å². The van der Waals surface area contributed by atoms with Crippen molar-refractivity contribution in [1.29, 1.82) is 5.26 Å². The first-order chi connectivity index (χ1) is 14.6. The molecule has 0 bridgehead atoms. The first kappa shape index (κ1) is 20.6. The van der Waals surface area contributed by atoms with Crippen molar-refractivity contribution in [2.24, 2.45) is 0 Å². The number of benzene rings is 1. The van der Waals surface area contributed by atoms with Gasteiger partial charge in [-0.05, 0) is 54.8 Å². The molecule has 152 valence electrons. The van der Waals surface area contributed by atoms with E-state index < -0.39 is 5.82 Å². The van der Waals surface area contributed by atoms with E-state index in [0.29, 0.717) is 16.3 Å². The van der Waals surface area contributed by atoms with Crippen molar-refractivity contribution in [3.8, 4) is 22.3 Å². The van der Waals surface area contributed by atoms with E-state index in [1.54, 1.807) is 17.4 Å². The molecule has 4 nitrogen and oxygen atoms in total. The number of carbonyl (C=O) groups is 1. The van der Waals surface area contributed by atoms with Crippen LogP contribution < -0.4 is 4.74 Å². The number of halogens is 1. The number of nitrogens with zero attached hydrogens (tertiary/aromatic N) is 2. The smallest absolute Gasteiger partial charge is 0.176 e. The Morgan fingerprint density at radius 2 is 2.17 bits per heavy atom. The zero-order chi connectivity index (χ0) is 21.1. The third kappa shape index (κ3) is 3.98. The monoisotopic (exact) mass is 438 g/mol. The van der Waals surface area contributed by atoms with Gasteiger partial charge in [-0.1, -0.05) is 17.8 Å². The molecule has 0 spiro atoms. The summed E-state index contributed by atoms with van der Waals surface area (Å²) in [5, 5.41) is 12.5. The Labute approximate surface area is 182 Å². The lowest BCUT2D eigenvalue weighted by Gasteiger charge is -2.21. The predicted molar refractivity (Wildman–Crippen MR) is 117 cm³/mol. The molecule has 1 aliphatic rings. The maximum absolute atomic E-state index is 14.3. The molecule has 1 aromatic carbocycles. The third-order valence-electron chi connectivity index (χ3n) is 5.14. The molecule has 0 N–H and O–H groups in total. The maximum atomic E-state index is 14.3. The summed E-state index contributed by atoms with van der Waals surface area (Å²) in [4.78, 5) is 18.4. The Balaban J connectivity index is 1.67. The number of thioether (sulfide) groups is 1. The number of Topliss-reactive ketones (excluding diaryl/α,β-unsaturated/α-hetero) is 1. The fourth-order valence-electron chi connectivity index (χ4n) is 3.68. The summed E-state index contributed by atoms with van der Waals surface area (Å²) in [5.41, 5.74) is 3.62. The van der Waals surface area contributed by atoms with Gasteiger partial charge in [0.25, 0.3) is 0 Å². The van der Waals surface area contributed by atoms with Crippen molar-refractivity contribution in [2.45, 2.75) is 30.7 Å². The van der Waals surface area contributed by atoms with Gasteiger partial charge in [0.15, 0.2) is 5.78 Å². The van der Waals surface area contributed by atoms with E-state index in [-0.39, 0.29) is 17.1 Å². The van der Waals surface area contributed by atoms with Gasteiger partial charge in [0.1, 0.15) is 22.7 Å². The van der Waals surface area contributed by atoms with Crippen LogP contribution >= 0.6 is 23.1 Å². The number of hydrogen-bond donors (Lipinski definition) is 0. The molecule has 0 unspecified atom stereocenters. The molecule has 30 heavy (non-hydrogen) atoms. The van der Waals surface area contributed by atoms with Crippen LogP contribution in [0.3, 0.4) is 0 Å². The molecule has 0 saturated carbocycles. The van der Waals surface area contributed by atoms with Crippen molar-refractivity contribution >= 4 is 28.9 Å². The highest BCUT2D eigenvalue weighted by Crippen LogP contribution is 2.39. The van der Waals surface area contributed by atoms with E-state index in [0.717, 1.165) is 47.4 Å². The minimum Gasteiger partial charge on any atom is -0.497 e. The number of nitriles is 1. The molecule has 3 aromatic rings. The summed E-state index contributed by atoms with van der Waals surface area (Å²) in [7, 11) is 1.45. The summed E-state index contributed by atoms with van der Waals surface area (Å²) in [6.45, 7) is 0. The van der Waals surface area contributed by atoms with Crippen molar-refractivity contribution in [3.63, 3.8) is 0 Å². The minimum absolute atomic E-state index is 0.00754. The zero-order valence-corrected chi connectivity index (χ0v) is 18.0. The summed E-state index contributed by atoms with van der Waals surface area (Å²) < 4.78 is 19.2. The molecule has 0 saturated heterocycles. The summed E-state index contributed by atoms with van der Waals surface area (Å²) in [6, 6.07) is 10.5. The fourth-order valence-corrected chi connectivity index (χ4v) is 5.37. The van der Waals surface area contributed by atoms with Crippen molar-refractivity contribution in [3.05, 3.63) is 63.9 Å². The number of rotatable bonds is 6. The van der Waals surface area contributed by atoms with E-state index in [2.05, 4.69) is 6.07 Å². The first-order valence-electron chi connectivity index (χ1n) is 9.61. The molecule has 0 atom stereocenters. The van der Waals surface area contributed by atoms with Crippen molar-refractivity contribution in [2.75, 3.05) is 12.9 Å². The van der Waals surface area contributed by atoms with Crippen LogP contribution in [0.15, 0.2) is 40.7 Å². The Kier molecular flexibility index (Phi) is 6.16. The molecular formula is C23H19FN2O2S2. The second-order valence-electron chi connectivity index (χ2n) is 6.95. The van der Waals surface area contributed by atoms with E-state index >= 15 is 0 Å². The number of ketones is 1. The molecule has 0 aliphatic heterocycles. The van der Waals surface area contributed by atoms with Gasteiger partial charge >= 0.3 is 0 Å². The van der Waals surface area contributed by atoms with Crippen LogP contribution in [0, 0.1) is 17.1 Å². The molecule has 7 heteroatoms. The first-order valence-corrected chi connectivity index (χ1v) is 11.5. The normalized spacial score (nSPS) is 12.8. The van der Waals surface area contributed by atoms with Crippen LogP contribution in [0.2, 0.25) is 0 Å². The number of thiophene rings is 1. The lowest BCUT2D eigenvalue weighted by molar-refractivity contribution is 0.101. The second-order valence-corrected chi connectivity index (χ2v) is 8.86. The Morgan fingerprint density at radius 3 is 2.87 bits per heavy atom. The standard InChI is InChI=1S/C23H19FN2O2S2/c1-28-14-8-9-15(18(24)11-14)20(27)13-30-23-17(12-25)22(21-7-4-10-29-21)16-5-2-3-6-19(16)26-23/h4,7-11H,2-3,5-6,13H2,1H3. The third-order valence-corrected chi connectivity index (χ3v) is 7.00. The number of pyridine rings is 1. The Morgan fingerprint density at radius 1 is 1.33 bits per heavy atom. The number of hydrogen-bond acceptors (Lipinski definition) is 6. The van der Waals surface area contributed by atoms with Gasteiger partial charge in [0, 0.05) is 22.2 Å². The number of carbonyl (C=O) groups excluding carboxylic acids is 1. The molecular weight excluding hydrogens is 419 g/mol. The van der Waals surface area contributed by atoms with Crippen molar-refractivity contribution in [1.82, 2.24) is 4.98 Å². The van der Waals surface area contributed by atoms with E-state index in [4.69, 9.17) is 9.72 Å².